The van der Waals surface area contributed by atoms with Gasteiger partial charge in [-0.2, -0.15) is 0 Å². The number of hydrogen-bond donors (Lipinski definition) is 0. The van der Waals surface area contributed by atoms with Crippen molar-refractivity contribution < 1.29 is 23.8 Å². The molecule has 2 atom stereocenters. The fraction of sp³-hybridized carbons (Fsp3) is 0.900. The topological polar surface area (TPSA) is 61.8 Å². The van der Waals surface area contributed by atoms with Crippen LogP contribution in [0.5, 0.6) is 0 Å². The van der Waals surface area contributed by atoms with Crippen molar-refractivity contribution in [2.75, 3.05) is 7.11 Å². The second kappa shape index (κ2) is 14.0. The van der Waals surface area contributed by atoms with Gasteiger partial charge in [-0.1, -0.05) is 58.3 Å². The monoisotopic (exact) mass is 356 g/mol. The van der Waals surface area contributed by atoms with Gasteiger partial charge in [0, 0.05) is 6.42 Å². The number of rotatable bonds is 15. The normalized spacial score (nSPS) is 19.5. The largest absolute Gasteiger partial charge is 0.509 e. The summed E-state index contributed by atoms with van der Waals surface area (Å²) in [6, 6.07) is 0. The SMILES string of the molecule is CCCCCCCC[C@H]1OC(=O)O[C@H]1CCCCCCCC(=O)OC. The molecule has 1 fully saturated rings. The molecule has 1 aliphatic rings. The molecule has 1 aliphatic heterocycles. The third-order valence-electron chi connectivity index (χ3n) is 4.85. The first-order chi connectivity index (χ1) is 12.2. The van der Waals surface area contributed by atoms with E-state index in [-0.39, 0.29) is 18.2 Å². The highest BCUT2D eigenvalue weighted by Crippen LogP contribution is 2.25. The minimum absolute atomic E-state index is 0.0574. The van der Waals surface area contributed by atoms with Crippen molar-refractivity contribution in [1.29, 1.82) is 0 Å². The Labute approximate surface area is 152 Å². The molecule has 146 valence electrons. The third kappa shape index (κ3) is 10.4. The highest BCUT2D eigenvalue weighted by atomic mass is 16.8. The Bertz CT molecular complexity index is 369. The fourth-order valence-corrected chi connectivity index (χ4v) is 3.29. The lowest BCUT2D eigenvalue weighted by Gasteiger charge is -2.15. The average molecular weight is 357 g/mol. The maximum atomic E-state index is 11.4. The first kappa shape index (κ1) is 21.8. The van der Waals surface area contributed by atoms with Gasteiger partial charge in [0.25, 0.3) is 0 Å². The quantitative estimate of drug-likeness (QED) is 0.284. The minimum Gasteiger partial charge on any atom is -0.469 e. The van der Waals surface area contributed by atoms with E-state index in [1.807, 2.05) is 0 Å². The van der Waals surface area contributed by atoms with Gasteiger partial charge in [0.2, 0.25) is 0 Å². The summed E-state index contributed by atoms with van der Waals surface area (Å²) in [6.45, 7) is 2.22. The predicted molar refractivity (Wildman–Crippen MR) is 97.5 cm³/mol. The van der Waals surface area contributed by atoms with Crippen LogP contribution in [0.3, 0.4) is 0 Å². The lowest BCUT2D eigenvalue weighted by Crippen LogP contribution is -2.22. The van der Waals surface area contributed by atoms with Gasteiger partial charge in [-0.3, -0.25) is 4.79 Å². The average Bonchev–Trinajstić information content (AvgIpc) is 2.96. The molecule has 0 bridgehead atoms. The van der Waals surface area contributed by atoms with Crippen LogP contribution in [0, 0.1) is 0 Å². The molecular formula is C20H36O5. The van der Waals surface area contributed by atoms with E-state index in [0.717, 1.165) is 51.4 Å². The summed E-state index contributed by atoms with van der Waals surface area (Å²) >= 11 is 0. The summed E-state index contributed by atoms with van der Waals surface area (Å²) in [7, 11) is 1.43. The summed E-state index contributed by atoms with van der Waals surface area (Å²) in [5, 5.41) is 0. The Balaban J connectivity index is 2.06. The molecule has 0 aromatic heterocycles. The Morgan fingerprint density at radius 3 is 1.84 bits per heavy atom. The molecule has 0 unspecified atom stereocenters. The highest BCUT2D eigenvalue weighted by molar-refractivity contribution is 5.68. The number of hydrogen-bond acceptors (Lipinski definition) is 5. The lowest BCUT2D eigenvalue weighted by atomic mass is 9.99. The van der Waals surface area contributed by atoms with Crippen molar-refractivity contribution in [2.24, 2.45) is 0 Å². The van der Waals surface area contributed by atoms with Gasteiger partial charge < -0.3 is 14.2 Å². The molecule has 1 rings (SSSR count). The van der Waals surface area contributed by atoms with E-state index in [2.05, 4.69) is 11.7 Å². The van der Waals surface area contributed by atoms with Crippen LogP contribution in [-0.4, -0.2) is 31.4 Å². The lowest BCUT2D eigenvalue weighted by molar-refractivity contribution is -0.140. The van der Waals surface area contributed by atoms with Crippen LogP contribution in [0.4, 0.5) is 4.79 Å². The molecule has 1 heterocycles. The van der Waals surface area contributed by atoms with Crippen LogP contribution in [0.1, 0.15) is 96.8 Å². The van der Waals surface area contributed by atoms with Gasteiger partial charge in [-0.15, -0.1) is 0 Å². The van der Waals surface area contributed by atoms with Gasteiger partial charge in [-0.05, 0) is 32.1 Å². The van der Waals surface area contributed by atoms with Gasteiger partial charge in [-0.25, -0.2) is 4.79 Å². The van der Waals surface area contributed by atoms with E-state index in [4.69, 9.17) is 9.47 Å². The van der Waals surface area contributed by atoms with Crippen LogP contribution >= 0.6 is 0 Å². The molecule has 0 aromatic rings. The van der Waals surface area contributed by atoms with Gasteiger partial charge >= 0.3 is 12.1 Å². The predicted octanol–water partition coefficient (Wildman–Crippen LogP) is 5.54. The van der Waals surface area contributed by atoms with Crippen LogP contribution in [0.15, 0.2) is 0 Å². The Morgan fingerprint density at radius 2 is 1.32 bits per heavy atom. The fourth-order valence-electron chi connectivity index (χ4n) is 3.29. The molecule has 0 N–H and O–H groups in total. The maximum absolute atomic E-state index is 11.4. The number of methoxy groups -OCH3 is 1. The summed E-state index contributed by atoms with van der Waals surface area (Å²) in [4.78, 5) is 22.4. The molecular weight excluding hydrogens is 320 g/mol. The summed E-state index contributed by atoms with van der Waals surface area (Å²) in [5.41, 5.74) is 0. The van der Waals surface area contributed by atoms with Crippen molar-refractivity contribution in [2.45, 2.75) is 109 Å². The molecule has 5 heteroatoms. The van der Waals surface area contributed by atoms with E-state index in [9.17, 15) is 9.59 Å². The zero-order valence-electron chi connectivity index (χ0n) is 16.1. The molecule has 0 radical (unpaired) electrons. The zero-order valence-corrected chi connectivity index (χ0v) is 16.1. The van der Waals surface area contributed by atoms with Gasteiger partial charge in [0.15, 0.2) is 0 Å². The smallest absolute Gasteiger partial charge is 0.469 e. The van der Waals surface area contributed by atoms with Crippen molar-refractivity contribution in [3.63, 3.8) is 0 Å². The van der Waals surface area contributed by atoms with Gasteiger partial charge in [0.05, 0.1) is 7.11 Å². The summed E-state index contributed by atoms with van der Waals surface area (Å²) in [6.07, 6.45) is 14.3. The Hall–Kier alpha value is -1.26. The number of carbonyl (C=O) groups excluding carboxylic acids is 2. The maximum Gasteiger partial charge on any atom is 0.509 e. The van der Waals surface area contributed by atoms with Crippen molar-refractivity contribution in [3.05, 3.63) is 0 Å². The summed E-state index contributed by atoms with van der Waals surface area (Å²) < 4.78 is 15.3. The van der Waals surface area contributed by atoms with E-state index < -0.39 is 6.16 Å². The molecule has 1 saturated heterocycles. The van der Waals surface area contributed by atoms with E-state index in [0.29, 0.717) is 6.42 Å². The zero-order chi connectivity index (χ0) is 18.3. The molecule has 0 aromatic carbocycles. The first-order valence-corrected chi connectivity index (χ1v) is 10.1. The number of cyclic esters (lactones) is 2. The van der Waals surface area contributed by atoms with Crippen molar-refractivity contribution >= 4 is 12.1 Å². The highest BCUT2D eigenvalue weighted by Gasteiger charge is 2.35. The van der Waals surface area contributed by atoms with Crippen molar-refractivity contribution in [1.82, 2.24) is 0 Å². The number of esters is 1. The van der Waals surface area contributed by atoms with Crippen LogP contribution in [0.2, 0.25) is 0 Å². The van der Waals surface area contributed by atoms with Crippen LogP contribution < -0.4 is 0 Å². The first-order valence-electron chi connectivity index (χ1n) is 10.1. The summed E-state index contributed by atoms with van der Waals surface area (Å²) in [5.74, 6) is -0.132. The molecule has 0 aliphatic carbocycles. The molecule has 0 amide bonds. The number of carbonyl (C=O) groups is 2. The molecule has 25 heavy (non-hydrogen) atoms. The van der Waals surface area contributed by atoms with Crippen LogP contribution in [0.25, 0.3) is 0 Å². The Kier molecular flexibility index (Phi) is 12.2. The van der Waals surface area contributed by atoms with E-state index >= 15 is 0 Å². The number of unbranched alkanes of at least 4 members (excludes halogenated alkanes) is 9. The standard InChI is InChI=1S/C20H36O5/c1-3-4-5-6-8-11-14-17-18(25-20(22)24-17)15-12-9-7-10-13-16-19(21)23-2/h17-18H,3-16H2,1-2H3/t17-,18+/m1/s1. The molecule has 5 nitrogen and oxygen atoms in total. The molecule has 0 saturated carbocycles. The van der Waals surface area contributed by atoms with Crippen molar-refractivity contribution in [3.8, 4) is 0 Å². The van der Waals surface area contributed by atoms with E-state index in [1.54, 1.807) is 0 Å². The number of ether oxygens (including phenoxy) is 3. The van der Waals surface area contributed by atoms with Gasteiger partial charge in [0.1, 0.15) is 12.2 Å². The molecule has 0 spiro atoms. The second-order valence-electron chi connectivity index (χ2n) is 7.00. The minimum atomic E-state index is -0.501. The Morgan fingerprint density at radius 1 is 0.840 bits per heavy atom. The van der Waals surface area contributed by atoms with Crippen LogP contribution in [-0.2, 0) is 19.0 Å². The third-order valence-corrected chi connectivity index (χ3v) is 4.85. The second-order valence-corrected chi connectivity index (χ2v) is 7.00. The van der Waals surface area contributed by atoms with E-state index in [1.165, 1.54) is 39.2 Å².